The zero-order chi connectivity index (χ0) is 12.0. The van der Waals surface area contributed by atoms with Crippen LogP contribution in [-0.4, -0.2) is 60.1 Å². The molecule has 1 N–H and O–H groups in total. The van der Waals surface area contributed by atoms with Gasteiger partial charge < -0.3 is 10.0 Å². The van der Waals surface area contributed by atoms with E-state index in [2.05, 4.69) is 16.7 Å². The molecular weight excluding hydrogens is 204 g/mol. The van der Waals surface area contributed by atoms with E-state index in [0.29, 0.717) is 12.0 Å². The lowest BCUT2D eigenvalue weighted by Gasteiger charge is -2.33. The van der Waals surface area contributed by atoms with Gasteiger partial charge in [-0.3, -0.25) is 4.90 Å². The van der Waals surface area contributed by atoms with Crippen LogP contribution in [0.15, 0.2) is 11.6 Å². The van der Waals surface area contributed by atoms with E-state index in [0.717, 1.165) is 39.3 Å². The summed E-state index contributed by atoms with van der Waals surface area (Å²) in [5, 5.41) is 8.89. The highest BCUT2D eigenvalue weighted by Crippen LogP contribution is 2.04. The molecule has 0 radical (unpaired) electrons. The van der Waals surface area contributed by atoms with Gasteiger partial charge in [0, 0.05) is 38.3 Å². The van der Waals surface area contributed by atoms with Crippen molar-refractivity contribution in [3.63, 3.8) is 0 Å². The number of hydrogen-bond acceptors (Lipinski definition) is 3. The van der Waals surface area contributed by atoms with Gasteiger partial charge in [0.1, 0.15) is 0 Å². The van der Waals surface area contributed by atoms with E-state index < -0.39 is 5.97 Å². The van der Waals surface area contributed by atoms with E-state index in [1.165, 1.54) is 0 Å². The van der Waals surface area contributed by atoms with Crippen molar-refractivity contribution in [2.75, 3.05) is 39.3 Å². The van der Waals surface area contributed by atoms with Gasteiger partial charge in [0.15, 0.2) is 0 Å². The van der Waals surface area contributed by atoms with Crippen molar-refractivity contribution in [2.45, 2.75) is 20.3 Å². The Labute approximate surface area is 97.5 Å². The highest BCUT2D eigenvalue weighted by Gasteiger charge is 2.14. The molecule has 1 fully saturated rings. The number of nitrogens with zero attached hydrogens (tertiary/aromatic N) is 2. The standard InChI is InChI=1S/C12H22N2O2/c1-3-11(12(15)16)5-6-14-9-7-13(4-2)8-10-14/h5H,3-4,6-10H2,1-2H3,(H,15,16). The predicted molar refractivity (Wildman–Crippen MR) is 64.6 cm³/mol. The fourth-order valence-electron chi connectivity index (χ4n) is 1.91. The highest BCUT2D eigenvalue weighted by molar-refractivity contribution is 5.86. The Morgan fingerprint density at radius 1 is 1.19 bits per heavy atom. The van der Waals surface area contributed by atoms with E-state index >= 15 is 0 Å². The summed E-state index contributed by atoms with van der Waals surface area (Å²) in [7, 11) is 0. The molecule has 0 amide bonds. The maximum Gasteiger partial charge on any atom is 0.331 e. The monoisotopic (exact) mass is 226 g/mol. The number of hydrogen-bond donors (Lipinski definition) is 1. The minimum atomic E-state index is -0.783. The molecule has 0 aliphatic carbocycles. The zero-order valence-corrected chi connectivity index (χ0v) is 10.3. The second kappa shape index (κ2) is 6.66. The van der Waals surface area contributed by atoms with Gasteiger partial charge in [0.25, 0.3) is 0 Å². The second-order valence-corrected chi connectivity index (χ2v) is 4.12. The van der Waals surface area contributed by atoms with E-state index in [1.54, 1.807) is 0 Å². The minimum Gasteiger partial charge on any atom is -0.478 e. The first-order chi connectivity index (χ1) is 7.67. The summed E-state index contributed by atoms with van der Waals surface area (Å²) in [4.78, 5) is 15.5. The summed E-state index contributed by atoms with van der Waals surface area (Å²) in [6.45, 7) is 10.2. The number of carboxylic acids is 1. The lowest BCUT2D eigenvalue weighted by Crippen LogP contribution is -2.46. The molecule has 1 aliphatic rings. The molecule has 1 saturated heterocycles. The molecule has 0 aromatic carbocycles. The zero-order valence-electron chi connectivity index (χ0n) is 10.3. The highest BCUT2D eigenvalue weighted by atomic mass is 16.4. The van der Waals surface area contributed by atoms with Crippen molar-refractivity contribution >= 4 is 5.97 Å². The number of piperazine rings is 1. The van der Waals surface area contributed by atoms with Crippen LogP contribution in [0.5, 0.6) is 0 Å². The molecule has 0 unspecified atom stereocenters. The van der Waals surface area contributed by atoms with Crippen molar-refractivity contribution in [3.05, 3.63) is 11.6 Å². The lowest BCUT2D eigenvalue weighted by atomic mass is 10.2. The SMILES string of the molecule is CCC(=CCN1CCN(CC)CC1)C(=O)O. The maximum absolute atomic E-state index is 10.8. The molecule has 92 valence electrons. The number of likely N-dealkylation sites (N-methyl/N-ethyl adjacent to an activating group) is 1. The molecule has 0 spiro atoms. The molecule has 1 rings (SSSR count). The number of aliphatic carboxylic acids is 1. The van der Waals surface area contributed by atoms with Crippen LogP contribution in [0.3, 0.4) is 0 Å². The third kappa shape index (κ3) is 3.94. The maximum atomic E-state index is 10.8. The molecule has 0 aromatic heterocycles. The Kier molecular flexibility index (Phi) is 5.49. The van der Waals surface area contributed by atoms with Crippen molar-refractivity contribution in [2.24, 2.45) is 0 Å². The molecule has 1 heterocycles. The average molecular weight is 226 g/mol. The van der Waals surface area contributed by atoms with Crippen LogP contribution in [0.25, 0.3) is 0 Å². The first-order valence-electron chi connectivity index (χ1n) is 6.04. The second-order valence-electron chi connectivity index (χ2n) is 4.12. The third-order valence-corrected chi connectivity index (χ3v) is 3.16. The van der Waals surface area contributed by atoms with E-state index in [9.17, 15) is 4.79 Å². The Morgan fingerprint density at radius 3 is 2.19 bits per heavy atom. The van der Waals surface area contributed by atoms with Gasteiger partial charge in [0.2, 0.25) is 0 Å². The summed E-state index contributed by atoms with van der Waals surface area (Å²) in [6, 6.07) is 0. The molecule has 0 atom stereocenters. The molecule has 0 bridgehead atoms. The van der Waals surface area contributed by atoms with Crippen LogP contribution in [0.2, 0.25) is 0 Å². The first kappa shape index (κ1) is 13.2. The Bertz CT molecular complexity index is 256. The predicted octanol–water partition coefficient (Wildman–Crippen LogP) is 1.04. The van der Waals surface area contributed by atoms with Crippen LogP contribution >= 0.6 is 0 Å². The third-order valence-electron chi connectivity index (χ3n) is 3.16. The fraction of sp³-hybridized carbons (Fsp3) is 0.750. The van der Waals surface area contributed by atoms with Gasteiger partial charge in [0.05, 0.1) is 0 Å². The summed E-state index contributed by atoms with van der Waals surface area (Å²) < 4.78 is 0. The molecule has 1 aliphatic heterocycles. The Balaban J connectivity index is 2.36. The number of carboxylic acid groups (broad SMARTS) is 1. The molecule has 0 aromatic rings. The van der Waals surface area contributed by atoms with E-state index in [1.807, 2.05) is 13.0 Å². The number of carbonyl (C=O) groups is 1. The average Bonchev–Trinajstić information content (AvgIpc) is 2.30. The van der Waals surface area contributed by atoms with Gasteiger partial charge in [-0.05, 0) is 13.0 Å². The molecule has 0 saturated carbocycles. The van der Waals surface area contributed by atoms with E-state index in [-0.39, 0.29) is 0 Å². The van der Waals surface area contributed by atoms with Crippen LogP contribution in [-0.2, 0) is 4.79 Å². The topological polar surface area (TPSA) is 43.8 Å². The van der Waals surface area contributed by atoms with Crippen LogP contribution in [0.4, 0.5) is 0 Å². The molecule has 4 nitrogen and oxygen atoms in total. The van der Waals surface area contributed by atoms with Gasteiger partial charge in [-0.1, -0.05) is 19.9 Å². The number of rotatable bonds is 5. The lowest BCUT2D eigenvalue weighted by molar-refractivity contribution is -0.132. The summed E-state index contributed by atoms with van der Waals surface area (Å²) in [5.41, 5.74) is 0.526. The summed E-state index contributed by atoms with van der Waals surface area (Å²) in [5.74, 6) is -0.783. The molecule has 16 heavy (non-hydrogen) atoms. The van der Waals surface area contributed by atoms with E-state index in [4.69, 9.17) is 5.11 Å². The van der Waals surface area contributed by atoms with Crippen molar-refractivity contribution in [1.82, 2.24) is 9.80 Å². The normalized spacial score (nSPS) is 20.0. The fourth-order valence-corrected chi connectivity index (χ4v) is 1.91. The van der Waals surface area contributed by atoms with Gasteiger partial charge in [-0.15, -0.1) is 0 Å². The van der Waals surface area contributed by atoms with Crippen molar-refractivity contribution in [3.8, 4) is 0 Å². The van der Waals surface area contributed by atoms with Gasteiger partial charge >= 0.3 is 5.97 Å². The van der Waals surface area contributed by atoms with Gasteiger partial charge in [-0.2, -0.15) is 0 Å². The summed E-state index contributed by atoms with van der Waals surface area (Å²) in [6.07, 6.45) is 2.45. The Morgan fingerprint density at radius 2 is 1.75 bits per heavy atom. The molecule has 4 heteroatoms. The Hall–Kier alpha value is -0.870. The minimum absolute atomic E-state index is 0.526. The largest absolute Gasteiger partial charge is 0.478 e. The quantitative estimate of drug-likeness (QED) is 0.712. The molecular formula is C12H22N2O2. The van der Waals surface area contributed by atoms with Crippen LogP contribution < -0.4 is 0 Å². The van der Waals surface area contributed by atoms with Crippen LogP contribution in [0, 0.1) is 0 Å². The van der Waals surface area contributed by atoms with Crippen molar-refractivity contribution < 1.29 is 9.90 Å². The van der Waals surface area contributed by atoms with Crippen LogP contribution in [0.1, 0.15) is 20.3 Å². The van der Waals surface area contributed by atoms with Crippen molar-refractivity contribution in [1.29, 1.82) is 0 Å². The summed E-state index contributed by atoms with van der Waals surface area (Å²) >= 11 is 0. The smallest absolute Gasteiger partial charge is 0.331 e. The first-order valence-corrected chi connectivity index (χ1v) is 6.04. The van der Waals surface area contributed by atoms with Gasteiger partial charge in [-0.25, -0.2) is 4.79 Å².